The Kier molecular flexibility index (Phi) is 5.20. The lowest BCUT2D eigenvalue weighted by Gasteiger charge is -2.11. The SMILES string of the molecule is CCOCc1ccccc1NC(=O)c1ccc(Cl)c(N)c1. The minimum atomic E-state index is -0.234. The zero-order valence-corrected chi connectivity index (χ0v) is 12.5. The first-order valence-electron chi connectivity index (χ1n) is 6.64. The molecular weight excluding hydrogens is 288 g/mol. The van der Waals surface area contributed by atoms with Gasteiger partial charge in [0, 0.05) is 23.4 Å². The molecule has 21 heavy (non-hydrogen) atoms. The molecule has 0 saturated heterocycles. The van der Waals surface area contributed by atoms with E-state index in [-0.39, 0.29) is 5.91 Å². The van der Waals surface area contributed by atoms with Crippen molar-refractivity contribution in [1.82, 2.24) is 0 Å². The summed E-state index contributed by atoms with van der Waals surface area (Å²) in [6, 6.07) is 12.3. The molecule has 0 saturated carbocycles. The number of benzene rings is 2. The van der Waals surface area contributed by atoms with E-state index in [1.807, 2.05) is 31.2 Å². The number of nitrogens with one attached hydrogen (secondary N) is 1. The second-order valence-electron chi connectivity index (χ2n) is 4.48. The molecule has 0 atom stereocenters. The van der Waals surface area contributed by atoms with Crippen LogP contribution in [0.3, 0.4) is 0 Å². The van der Waals surface area contributed by atoms with Crippen molar-refractivity contribution in [1.29, 1.82) is 0 Å². The Morgan fingerprint density at radius 2 is 2.05 bits per heavy atom. The third kappa shape index (κ3) is 3.97. The van der Waals surface area contributed by atoms with E-state index in [0.29, 0.717) is 29.5 Å². The van der Waals surface area contributed by atoms with Crippen LogP contribution in [0.5, 0.6) is 0 Å². The molecule has 0 fully saturated rings. The van der Waals surface area contributed by atoms with Crippen LogP contribution >= 0.6 is 11.6 Å². The van der Waals surface area contributed by atoms with E-state index >= 15 is 0 Å². The number of carbonyl (C=O) groups excluding carboxylic acids is 1. The minimum Gasteiger partial charge on any atom is -0.398 e. The lowest BCUT2D eigenvalue weighted by molar-refractivity contribution is 0.102. The van der Waals surface area contributed by atoms with Gasteiger partial charge in [0.15, 0.2) is 0 Å². The molecule has 5 heteroatoms. The van der Waals surface area contributed by atoms with Crippen LogP contribution in [0.1, 0.15) is 22.8 Å². The molecule has 1 amide bonds. The summed E-state index contributed by atoms with van der Waals surface area (Å²) in [6.45, 7) is 3.00. The van der Waals surface area contributed by atoms with E-state index in [0.717, 1.165) is 11.3 Å². The van der Waals surface area contributed by atoms with Crippen molar-refractivity contribution >= 4 is 28.9 Å². The summed E-state index contributed by atoms with van der Waals surface area (Å²) in [6.07, 6.45) is 0. The van der Waals surface area contributed by atoms with E-state index < -0.39 is 0 Å². The number of carbonyl (C=O) groups is 1. The molecule has 0 aromatic heterocycles. The fraction of sp³-hybridized carbons (Fsp3) is 0.188. The maximum atomic E-state index is 12.3. The monoisotopic (exact) mass is 304 g/mol. The quantitative estimate of drug-likeness (QED) is 0.828. The molecule has 2 aromatic carbocycles. The van der Waals surface area contributed by atoms with Crippen LogP contribution in [0.15, 0.2) is 42.5 Å². The van der Waals surface area contributed by atoms with Gasteiger partial charge in [0.1, 0.15) is 0 Å². The Labute approximate surface area is 128 Å². The number of amides is 1. The zero-order valence-electron chi connectivity index (χ0n) is 11.7. The summed E-state index contributed by atoms with van der Waals surface area (Å²) in [4.78, 5) is 12.3. The molecule has 2 rings (SSSR count). The van der Waals surface area contributed by atoms with E-state index in [9.17, 15) is 4.79 Å². The van der Waals surface area contributed by atoms with Gasteiger partial charge in [0.2, 0.25) is 0 Å². The van der Waals surface area contributed by atoms with Gasteiger partial charge in [0.25, 0.3) is 5.91 Å². The van der Waals surface area contributed by atoms with Crippen LogP contribution in [0.4, 0.5) is 11.4 Å². The number of para-hydroxylation sites is 1. The molecule has 2 aromatic rings. The number of halogens is 1. The van der Waals surface area contributed by atoms with Gasteiger partial charge in [0.05, 0.1) is 17.3 Å². The van der Waals surface area contributed by atoms with Crippen molar-refractivity contribution in [2.75, 3.05) is 17.7 Å². The summed E-state index contributed by atoms with van der Waals surface area (Å²) in [5, 5.41) is 3.30. The highest BCUT2D eigenvalue weighted by Crippen LogP contribution is 2.21. The average molecular weight is 305 g/mol. The lowest BCUT2D eigenvalue weighted by atomic mass is 10.1. The van der Waals surface area contributed by atoms with E-state index in [4.69, 9.17) is 22.1 Å². The number of nitrogens with two attached hydrogens (primary N) is 1. The predicted octanol–water partition coefficient (Wildman–Crippen LogP) is 3.71. The van der Waals surface area contributed by atoms with Gasteiger partial charge in [-0.05, 0) is 31.2 Å². The number of hydrogen-bond acceptors (Lipinski definition) is 3. The molecule has 3 N–H and O–H groups in total. The Morgan fingerprint density at radius 1 is 1.29 bits per heavy atom. The summed E-state index contributed by atoms with van der Waals surface area (Å²) in [5.74, 6) is -0.234. The van der Waals surface area contributed by atoms with E-state index in [2.05, 4.69) is 5.32 Å². The van der Waals surface area contributed by atoms with Crippen LogP contribution in [-0.2, 0) is 11.3 Å². The highest BCUT2D eigenvalue weighted by atomic mass is 35.5. The maximum absolute atomic E-state index is 12.3. The molecule has 0 bridgehead atoms. The molecule has 0 unspecified atom stereocenters. The second-order valence-corrected chi connectivity index (χ2v) is 4.89. The molecule has 4 nitrogen and oxygen atoms in total. The van der Waals surface area contributed by atoms with Crippen molar-refractivity contribution in [2.24, 2.45) is 0 Å². The average Bonchev–Trinajstić information content (AvgIpc) is 2.49. The largest absolute Gasteiger partial charge is 0.398 e. The predicted molar refractivity (Wildman–Crippen MR) is 85.6 cm³/mol. The summed E-state index contributed by atoms with van der Waals surface area (Å²) in [5.41, 5.74) is 8.21. The van der Waals surface area contributed by atoms with Crippen LogP contribution in [0, 0.1) is 0 Å². The third-order valence-corrected chi connectivity index (χ3v) is 3.33. The van der Waals surface area contributed by atoms with Gasteiger partial charge in [-0.25, -0.2) is 0 Å². The first kappa shape index (κ1) is 15.4. The standard InChI is InChI=1S/C16H17ClN2O2/c1-2-21-10-12-5-3-4-6-15(12)19-16(20)11-7-8-13(17)14(18)9-11/h3-9H,2,10,18H2,1H3,(H,19,20). The van der Waals surface area contributed by atoms with Crippen LogP contribution < -0.4 is 11.1 Å². The Balaban J connectivity index is 2.17. The maximum Gasteiger partial charge on any atom is 0.255 e. The van der Waals surface area contributed by atoms with Gasteiger partial charge in [-0.15, -0.1) is 0 Å². The Hall–Kier alpha value is -2.04. The number of ether oxygens (including phenoxy) is 1. The van der Waals surface area contributed by atoms with Crippen LogP contribution in [0.2, 0.25) is 5.02 Å². The first-order valence-corrected chi connectivity index (χ1v) is 7.01. The Morgan fingerprint density at radius 3 is 2.76 bits per heavy atom. The normalized spacial score (nSPS) is 10.4. The van der Waals surface area contributed by atoms with Crippen LogP contribution in [0.25, 0.3) is 0 Å². The molecule has 0 heterocycles. The van der Waals surface area contributed by atoms with Gasteiger partial charge >= 0.3 is 0 Å². The zero-order chi connectivity index (χ0) is 15.2. The molecule has 0 radical (unpaired) electrons. The Bertz CT molecular complexity index is 644. The fourth-order valence-electron chi connectivity index (χ4n) is 1.86. The number of nitrogen functional groups attached to an aromatic ring is 1. The third-order valence-electron chi connectivity index (χ3n) is 2.99. The first-order chi connectivity index (χ1) is 10.1. The van der Waals surface area contributed by atoms with Gasteiger partial charge < -0.3 is 15.8 Å². The van der Waals surface area contributed by atoms with Crippen LogP contribution in [-0.4, -0.2) is 12.5 Å². The number of rotatable bonds is 5. The molecule has 0 aliphatic heterocycles. The topological polar surface area (TPSA) is 64.3 Å². The van der Waals surface area contributed by atoms with E-state index in [1.165, 1.54) is 0 Å². The summed E-state index contributed by atoms with van der Waals surface area (Å²) in [7, 11) is 0. The number of hydrogen-bond donors (Lipinski definition) is 2. The van der Waals surface area contributed by atoms with Gasteiger partial charge in [-0.2, -0.15) is 0 Å². The fourth-order valence-corrected chi connectivity index (χ4v) is 1.98. The van der Waals surface area contributed by atoms with Crippen molar-refractivity contribution in [3.8, 4) is 0 Å². The molecule has 0 spiro atoms. The highest BCUT2D eigenvalue weighted by molar-refractivity contribution is 6.33. The molecule has 0 aliphatic rings. The highest BCUT2D eigenvalue weighted by Gasteiger charge is 2.10. The molecular formula is C16H17ClN2O2. The summed E-state index contributed by atoms with van der Waals surface area (Å²) >= 11 is 5.85. The van der Waals surface area contributed by atoms with Gasteiger partial charge in [-0.3, -0.25) is 4.79 Å². The lowest BCUT2D eigenvalue weighted by Crippen LogP contribution is -2.14. The van der Waals surface area contributed by atoms with Crippen molar-refractivity contribution in [3.63, 3.8) is 0 Å². The molecule has 110 valence electrons. The minimum absolute atomic E-state index is 0.234. The van der Waals surface area contributed by atoms with E-state index in [1.54, 1.807) is 18.2 Å². The smallest absolute Gasteiger partial charge is 0.255 e. The molecule has 0 aliphatic carbocycles. The van der Waals surface area contributed by atoms with Crippen molar-refractivity contribution in [2.45, 2.75) is 13.5 Å². The van der Waals surface area contributed by atoms with Gasteiger partial charge in [-0.1, -0.05) is 29.8 Å². The van der Waals surface area contributed by atoms with Crippen molar-refractivity contribution in [3.05, 3.63) is 58.6 Å². The summed E-state index contributed by atoms with van der Waals surface area (Å²) < 4.78 is 5.39. The van der Waals surface area contributed by atoms with Crippen molar-refractivity contribution < 1.29 is 9.53 Å². The number of anilines is 2. The second kappa shape index (κ2) is 7.11.